The van der Waals surface area contributed by atoms with E-state index in [2.05, 4.69) is 28.6 Å². The molecule has 0 heterocycles. The minimum atomic E-state index is -1.54. The van der Waals surface area contributed by atoms with E-state index in [1.165, 1.54) is 0 Å². The summed E-state index contributed by atoms with van der Waals surface area (Å²) in [5.74, 6) is -4.56. The Hall–Kier alpha value is -2.34. The molecule has 0 aromatic heterocycles. The number of hydrogen-bond acceptors (Lipinski definition) is 7. The predicted octanol–water partition coefficient (Wildman–Crippen LogP) is -1.64. The van der Waals surface area contributed by atoms with Crippen LogP contribution in [0, 0.1) is 11.8 Å². The Bertz CT molecular complexity index is 643. The van der Waals surface area contributed by atoms with Gasteiger partial charge in [0.2, 0.25) is 23.6 Å². The van der Waals surface area contributed by atoms with Crippen LogP contribution < -0.4 is 27.4 Å². The van der Waals surface area contributed by atoms with Crippen molar-refractivity contribution in [1.29, 1.82) is 0 Å². The number of rotatable bonds is 13. The largest absolute Gasteiger partial charge is 0.480 e. The van der Waals surface area contributed by atoms with Crippen molar-refractivity contribution < 1.29 is 29.1 Å². The molecule has 0 fully saturated rings. The van der Waals surface area contributed by atoms with Crippen LogP contribution in [0.25, 0.3) is 0 Å². The zero-order valence-corrected chi connectivity index (χ0v) is 18.6. The number of nitrogens with one attached hydrogen (secondary N) is 3. The summed E-state index contributed by atoms with van der Waals surface area (Å²) in [6.45, 7) is 7.26. The zero-order valence-electron chi connectivity index (χ0n) is 17.7. The lowest BCUT2D eigenvalue weighted by Gasteiger charge is -2.26. The number of carbonyl (C=O) groups is 5. The van der Waals surface area contributed by atoms with Gasteiger partial charge in [-0.1, -0.05) is 27.7 Å². The van der Waals surface area contributed by atoms with E-state index in [0.29, 0.717) is 6.42 Å². The van der Waals surface area contributed by atoms with Crippen LogP contribution in [0.1, 0.15) is 40.5 Å². The Balaban J connectivity index is 5.26. The minimum absolute atomic E-state index is 0.0477. The second kappa shape index (κ2) is 13.1. The highest BCUT2D eigenvalue weighted by molar-refractivity contribution is 7.80. The van der Waals surface area contributed by atoms with Gasteiger partial charge in [0, 0.05) is 5.75 Å². The van der Waals surface area contributed by atoms with E-state index >= 15 is 0 Å². The van der Waals surface area contributed by atoms with Gasteiger partial charge in [-0.15, -0.1) is 0 Å². The monoisotopic (exact) mass is 447 g/mol. The SMILES string of the molecule is CC(C)CC(NC(=O)C(N)C(C)C)C(=O)NC(CS)C(=O)NC(CC(N)=O)C(=O)O. The molecule has 0 bridgehead atoms. The van der Waals surface area contributed by atoms with Gasteiger partial charge in [0.25, 0.3) is 0 Å². The van der Waals surface area contributed by atoms with Crippen LogP contribution >= 0.6 is 12.6 Å². The quantitative estimate of drug-likeness (QED) is 0.164. The summed E-state index contributed by atoms with van der Waals surface area (Å²) in [6.07, 6.45) is -0.309. The first-order valence-corrected chi connectivity index (χ1v) is 10.2. The molecule has 0 aromatic carbocycles. The summed E-state index contributed by atoms with van der Waals surface area (Å²) in [7, 11) is 0. The van der Waals surface area contributed by atoms with Crippen LogP contribution in [-0.2, 0) is 24.0 Å². The van der Waals surface area contributed by atoms with Crippen LogP contribution in [0.15, 0.2) is 0 Å². The maximum atomic E-state index is 12.7. The van der Waals surface area contributed by atoms with Crippen molar-refractivity contribution in [2.24, 2.45) is 23.3 Å². The Morgan fingerprint density at radius 3 is 1.73 bits per heavy atom. The van der Waals surface area contributed by atoms with Crippen molar-refractivity contribution in [3.8, 4) is 0 Å². The maximum Gasteiger partial charge on any atom is 0.326 e. The second-order valence-corrected chi connectivity index (χ2v) is 8.14. The summed E-state index contributed by atoms with van der Waals surface area (Å²) < 4.78 is 0. The highest BCUT2D eigenvalue weighted by atomic mass is 32.1. The molecular weight excluding hydrogens is 414 g/mol. The van der Waals surface area contributed by atoms with E-state index in [1.54, 1.807) is 13.8 Å². The molecule has 0 saturated heterocycles. The zero-order chi connectivity index (χ0) is 23.6. The van der Waals surface area contributed by atoms with Gasteiger partial charge in [-0.3, -0.25) is 19.2 Å². The Morgan fingerprint density at radius 2 is 1.33 bits per heavy atom. The van der Waals surface area contributed by atoms with Gasteiger partial charge in [-0.2, -0.15) is 12.6 Å². The topological polar surface area (TPSA) is 194 Å². The first kappa shape index (κ1) is 27.7. The first-order chi connectivity index (χ1) is 13.8. The van der Waals surface area contributed by atoms with Gasteiger partial charge < -0.3 is 32.5 Å². The number of thiol groups is 1. The smallest absolute Gasteiger partial charge is 0.326 e. The lowest BCUT2D eigenvalue weighted by Crippen LogP contribution is -2.58. The number of nitrogens with two attached hydrogens (primary N) is 2. The molecule has 11 nitrogen and oxygen atoms in total. The fourth-order valence-corrected chi connectivity index (χ4v) is 2.67. The van der Waals surface area contributed by atoms with E-state index in [4.69, 9.17) is 16.6 Å². The number of hydrogen-bond donors (Lipinski definition) is 7. The Kier molecular flexibility index (Phi) is 12.0. The van der Waals surface area contributed by atoms with E-state index in [0.717, 1.165) is 0 Å². The fourth-order valence-electron chi connectivity index (χ4n) is 2.41. The molecule has 30 heavy (non-hydrogen) atoms. The fraction of sp³-hybridized carbons (Fsp3) is 0.722. The highest BCUT2D eigenvalue weighted by Crippen LogP contribution is 2.08. The third kappa shape index (κ3) is 9.92. The van der Waals surface area contributed by atoms with Crippen molar-refractivity contribution >= 4 is 42.2 Å². The van der Waals surface area contributed by atoms with E-state index in [-0.39, 0.29) is 17.6 Å². The molecule has 172 valence electrons. The predicted molar refractivity (Wildman–Crippen MR) is 113 cm³/mol. The van der Waals surface area contributed by atoms with E-state index in [1.807, 2.05) is 13.8 Å². The summed E-state index contributed by atoms with van der Waals surface area (Å²) in [6, 6.07) is -4.48. The standard InChI is InChI=1S/C18H33N5O6S/c1-8(2)5-10(21-17(27)14(20)9(3)4)15(25)23-12(7-30)16(26)22-11(18(28)29)6-13(19)24/h8-12,14,30H,5-7,20H2,1-4H3,(H2,19,24)(H,21,27)(H,22,26)(H,23,25)(H,28,29). The molecule has 0 spiro atoms. The molecule has 12 heteroatoms. The molecule has 0 aliphatic rings. The molecule has 4 atom stereocenters. The summed E-state index contributed by atoms with van der Waals surface area (Å²) in [5.41, 5.74) is 10.8. The molecule has 0 aliphatic heterocycles. The number of carboxylic acid groups (broad SMARTS) is 1. The van der Waals surface area contributed by atoms with Crippen molar-refractivity contribution in [2.45, 2.75) is 64.7 Å². The number of primary amides is 1. The lowest BCUT2D eigenvalue weighted by atomic mass is 10.0. The van der Waals surface area contributed by atoms with Crippen LogP contribution in [0.2, 0.25) is 0 Å². The molecule has 4 amide bonds. The van der Waals surface area contributed by atoms with Gasteiger partial charge in [0.1, 0.15) is 18.1 Å². The second-order valence-electron chi connectivity index (χ2n) is 7.77. The average Bonchev–Trinajstić information content (AvgIpc) is 2.62. The van der Waals surface area contributed by atoms with Crippen molar-refractivity contribution in [1.82, 2.24) is 16.0 Å². The number of carboxylic acids is 1. The molecule has 0 saturated carbocycles. The van der Waals surface area contributed by atoms with Crippen LogP contribution in [0.5, 0.6) is 0 Å². The third-order valence-electron chi connectivity index (χ3n) is 4.20. The van der Waals surface area contributed by atoms with Crippen molar-refractivity contribution in [3.63, 3.8) is 0 Å². The molecule has 0 radical (unpaired) electrons. The average molecular weight is 448 g/mol. The molecule has 0 rings (SSSR count). The number of aliphatic carboxylic acids is 1. The molecule has 0 aromatic rings. The Morgan fingerprint density at radius 1 is 0.867 bits per heavy atom. The van der Waals surface area contributed by atoms with E-state index < -0.39 is 60.2 Å². The Labute approximate surface area is 181 Å². The maximum absolute atomic E-state index is 12.7. The minimum Gasteiger partial charge on any atom is -0.480 e. The summed E-state index contributed by atoms with van der Waals surface area (Å²) in [4.78, 5) is 59.5. The molecule has 8 N–H and O–H groups in total. The van der Waals surface area contributed by atoms with Gasteiger partial charge >= 0.3 is 5.97 Å². The van der Waals surface area contributed by atoms with Crippen molar-refractivity contribution in [3.05, 3.63) is 0 Å². The van der Waals surface area contributed by atoms with Crippen LogP contribution in [-0.4, -0.2) is 64.6 Å². The van der Waals surface area contributed by atoms with Gasteiger partial charge in [0.15, 0.2) is 0 Å². The van der Waals surface area contributed by atoms with Gasteiger partial charge in [-0.25, -0.2) is 4.79 Å². The molecule has 0 aliphatic carbocycles. The lowest BCUT2D eigenvalue weighted by molar-refractivity contribution is -0.143. The van der Waals surface area contributed by atoms with Gasteiger partial charge in [0.05, 0.1) is 12.5 Å². The number of carbonyl (C=O) groups excluding carboxylic acids is 4. The summed E-state index contributed by atoms with van der Waals surface area (Å²) >= 11 is 4.02. The van der Waals surface area contributed by atoms with Gasteiger partial charge in [-0.05, 0) is 18.3 Å². The van der Waals surface area contributed by atoms with E-state index in [9.17, 15) is 24.0 Å². The first-order valence-electron chi connectivity index (χ1n) is 9.58. The van der Waals surface area contributed by atoms with Crippen LogP contribution in [0.3, 0.4) is 0 Å². The summed E-state index contributed by atoms with van der Waals surface area (Å²) in [5, 5.41) is 16.3. The molecule has 4 unspecified atom stereocenters. The molecular formula is C18H33N5O6S. The highest BCUT2D eigenvalue weighted by Gasteiger charge is 2.31. The normalized spacial score (nSPS) is 15.1. The number of amides is 4. The van der Waals surface area contributed by atoms with Crippen LogP contribution in [0.4, 0.5) is 0 Å². The third-order valence-corrected chi connectivity index (χ3v) is 4.56. The van der Waals surface area contributed by atoms with Crippen molar-refractivity contribution in [2.75, 3.05) is 5.75 Å².